The van der Waals surface area contributed by atoms with Gasteiger partial charge >= 0.3 is 0 Å². The van der Waals surface area contributed by atoms with Crippen LogP contribution in [0.15, 0.2) is 4.99 Å². The molecule has 0 aliphatic carbocycles. The predicted molar refractivity (Wildman–Crippen MR) is 94.7 cm³/mol. The van der Waals surface area contributed by atoms with Crippen molar-refractivity contribution < 1.29 is 13.2 Å². The standard InChI is InChI=1S/C15H32N4O3S/c1-5-16-15(17-6-11-23(4,20)21)18-12-14(13(2)3)19-7-9-22-10-8-19/h13-14H,5-12H2,1-4H3,(H2,16,17,18). The molecular formula is C15H32N4O3S. The van der Waals surface area contributed by atoms with E-state index in [9.17, 15) is 8.42 Å². The summed E-state index contributed by atoms with van der Waals surface area (Å²) in [5.74, 6) is 1.28. The van der Waals surface area contributed by atoms with E-state index in [1.807, 2.05) is 6.92 Å². The molecule has 1 aliphatic heterocycles. The molecule has 0 bridgehead atoms. The van der Waals surface area contributed by atoms with Crippen molar-refractivity contribution in [3.8, 4) is 0 Å². The minimum atomic E-state index is -2.96. The Balaban J connectivity index is 2.60. The molecule has 1 aliphatic rings. The monoisotopic (exact) mass is 348 g/mol. The maximum atomic E-state index is 11.2. The molecule has 1 unspecified atom stereocenters. The number of rotatable bonds is 8. The normalized spacial score (nSPS) is 18.9. The molecule has 0 aromatic carbocycles. The zero-order chi connectivity index (χ0) is 17.3. The zero-order valence-electron chi connectivity index (χ0n) is 14.8. The van der Waals surface area contributed by atoms with Crippen LogP contribution in [0.2, 0.25) is 0 Å². The Morgan fingerprint density at radius 1 is 1.26 bits per heavy atom. The minimum absolute atomic E-state index is 0.106. The van der Waals surface area contributed by atoms with E-state index in [1.54, 1.807) is 0 Å². The van der Waals surface area contributed by atoms with Crippen molar-refractivity contribution in [2.45, 2.75) is 26.8 Å². The number of sulfone groups is 1. The van der Waals surface area contributed by atoms with Crippen molar-refractivity contribution in [1.29, 1.82) is 0 Å². The average molecular weight is 349 g/mol. The van der Waals surface area contributed by atoms with Crippen LogP contribution in [0.3, 0.4) is 0 Å². The van der Waals surface area contributed by atoms with Crippen LogP contribution in [0.1, 0.15) is 20.8 Å². The second-order valence-electron chi connectivity index (χ2n) is 6.24. The number of ether oxygens (including phenoxy) is 1. The van der Waals surface area contributed by atoms with Gasteiger partial charge in [0.25, 0.3) is 0 Å². The third kappa shape index (κ3) is 8.53. The van der Waals surface area contributed by atoms with Crippen molar-refractivity contribution >= 4 is 15.8 Å². The molecule has 1 saturated heterocycles. The van der Waals surface area contributed by atoms with E-state index in [0.717, 1.165) is 32.8 Å². The third-order valence-corrected chi connectivity index (χ3v) is 4.78. The van der Waals surface area contributed by atoms with Gasteiger partial charge in [-0.15, -0.1) is 0 Å². The Labute approximate surface area is 140 Å². The number of guanidine groups is 1. The van der Waals surface area contributed by atoms with Crippen molar-refractivity contribution in [2.24, 2.45) is 10.9 Å². The summed E-state index contributed by atoms with van der Waals surface area (Å²) in [6.07, 6.45) is 1.24. The topological polar surface area (TPSA) is 83.0 Å². The summed E-state index contributed by atoms with van der Waals surface area (Å²) in [6.45, 7) is 11.6. The van der Waals surface area contributed by atoms with Crippen molar-refractivity contribution in [1.82, 2.24) is 15.5 Å². The Kier molecular flexibility index (Phi) is 8.86. The summed E-state index contributed by atoms with van der Waals surface area (Å²) < 4.78 is 27.8. The van der Waals surface area contributed by atoms with Crippen molar-refractivity contribution in [3.05, 3.63) is 0 Å². The predicted octanol–water partition coefficient (Wildman–Crippen LogP) is -0.0571. The van der Waals surface area contributed by atoms with E-state index in [4.69, 9.17) is 4.74 Å². The quantitative estimate of drug-likeness (QED) is 0.472. The number of hydrogen-bond acceptors (Lipinski definition) is 5. The first-order chi connectivity index (χ1) is 10.8. The molecule has 1 fully saturated rings. The third-order valence-electron chi connectivity index (χ3n) is 3.83. The van der Waals surface area contributed by atoms with Gasteiger partial charge in [0.1, 0.15) is 9.84 Å². The molecule has 136 valence electrons. The molecule has 0 saturated carbocycles. The molecule has 0 aromatic heterocycles. The molecule has 0 radical (unpaired) electrons. The van der Waals surface area contributed by atoms with E-state index >= 15 is 0 Å². The van der Waals surface area contributed by atoms with Crippen LogP contribution < -0.4 is 10.6 Å². The summed E-state index contributed by atoms with van der Waals surface area (Å²) in [4.78, 5) is 7.08. The summed E-state index contributed by atoms with van der Waals surface area (Å²) >= 11 is 0. The lowest BCUT2D eigenvalue weighted by atomic mass is 10.0. The Bertz CT molecular complexity index is 459. The van der Waals surface area contributed by atoms with Crippen LogP contribution in [-0.2, 0) is 14.6 Å². The second-order valence-corrected chi connectivity index (χ2v) is 8.50. The molecule has 7 nitrogen and oxygen atoms in total. The van der Waals surface area contributed by atoms with Crippen LogP contribution in [0.5, 0.6) is 0 Å². The van der Waals surface area contributed by atoms with Crippen LogP contribution in [0.25, 0.3) is 0 Å². The van der Waals surface area contributed by atoms with Crippen molar-refractivity contribution in [3.63, 3.8) is 0 Å². The molecule has 0 spiro atoms. The maximum Gasteiger partial charge on any atom is 0.191 e. The maximum absolute atomic E-state index is 11.2. The first-order valence-electron chi connectivity index (χ1n) is 8.35. The van der Waals surface area contributed by atoms with Gasteiger partial charge in [0.15, 0.2) is 5.96 Å². The fourth-order valence-electron chi connectivity index (χ4n) is 2.54. The average Bonchev–Trinajstić information content (AvgIpc) is 2.47. The van der Waals surface area contributed by atoms with E-state index in [2.05, 4.69) is 34.4 Å². The first-order valence-corrected chi connectivity index (χ1v) is 10.4. The SMILES string of the molecule is CCNC(=NCC(C(C)C)N1CCOCC1)NCCS(C)(=O)=O. The summed E-state index contributed by atoms with van der Waals surface area (Å²) in [6, 6.07) is 0.365. The lowest BCUT2D eigenvalue weighted by Crippen LogP contribution is -2.48. The van der Waals surface area contributed by atoms with Gasteiger partial charge in [-0.2, -0.15) is 0 Å². The molecule has 23 heavy (non-hydrogen) atoms. The molecule has 0 aromatic rings. The molecule has 8 heteroatoms. The van der Waals surface area contributed by atoms with E-state index in [-0.39, 0.29) is 5.75 Å². The van der Waals surface area contributed by atoms with Gasteiger partial charge in [-0.05, 0) is 12.8 Å². The Morgan fingerprint density at radius 2 is 1.91 bits per heavy atom. The molecule has 1 atom stereocenters. The van der Waals surface area contributed by atoms with Crippen LogP contribution in [0, 0.1) is 5.92 Å². The van der Waals surface area contributed by atoms with Gasteiger partial charge < -0.3 is 15.4 Å². The van der Waals surface area contributed by atoms with Crippen LogP contribution in [-0.4, -0.2) is 83.3 Å². The summed E-state index contributed by atoms with van der Waals surface area (Å²) in [5, 5.41) is 6.26. The number of hydrogen-bond donors (Lipinski definition) is 2. The fraction of sp³-hybridized carbons (Fsp3) is 0.933. The van der Waals surface area contributed by atoms with E-state index in [0.29, 0.717) is 31.0 Å². The smallest absolute Gasteiger partial charge is 0.191 e. The molecule has 1 heterocycles. The highest BCUT2D eigenvalue weighted by Crippen LogP contribution is 2.13. The van der Waals surface area contributed by atoms with Crippen LogP contribution >= 0.6 is 0 Å². The van der Waals surface area contributed by atoms with Gasteiger partial charge in [0.05, 0.1) is 25.5 Å². The van der Waals surface area contributed by atoms with Crippen molar-refractivity contribution in [2.75, 3.05) is 57.9 Å². The van der Waals surface area contributed by atoms with Gasteiger partial charge in [0, 0.05) is 38.5 Å². The van der Waals surface area contributed by atoms with Gasteiger partial charge in [0.2, 0.25) is 0 Å². The fourth-order valence-corrected chi connectivity index (χ4v) is 3.01. The van der Waals surface area contributed by atoms with E-state index < -0.39 is 9.84 Å². The lowest BCUT2D eigenvalue weighted by molar-refractivity contribution is 0.00867. The van der Waals surface area contributed by atoms with Gasteiger partial charge in [-0.1, -0.05) is 13.8 Å². The Morgan fingerprint density at radius 3 is 2.43 bits per heavy atom. The Hall–Kier alpha value is -0.860. The lowest BCUT2D eigenvalue weighted by Gasteiger charge is -2.36. The largest absolute Gasteiger partial charge is 0.379 e. The highest BCUT2D eigenvalue weighted by molar-refractivity contribution is 7.90. The molecular weight excluding hydrogens is 316 g/mol. The van der Waals surface area contributed by atoms with Gasteiger partial charge in [-0.25, -0.2) is 8.42 Å². The highest BCUT2D eigenvalue weighted by atomic mass is 32.2. The second kappa shape index (κ2) is 10.1. The van der Waals surface area contributed by atoms with Gasteiger partial charge in [-0.3, -0.25) is 9.89 Å². The highest BCUT2D eigenvalue weighted by Gasteiger charge is 2.23. The molecule has 1 rings (SSSR count). The number of aliphatic imine (C=N–C) groups is 1. The zero-order valence-corrected chi connectivity index (χ0v) is 15.7. The molecule has 2 N–H and O–H groups in total. The number of nitrogens with zero attached hydrogens (tertiary/aromatic N) is 2. The number of nitrogens with one attached hydrogen (secondary N) is 2. The molecule has 0 amide bonds. The van der Waals surface area contributed by atoms with Crippen LogP contribution in [0.4, 0.5) is 0 Å². The van der Waals surface area contributed by atoms with E-state index in [1.165, 1.54) is 6.26 Å². The summed E-state index contributed by atoms with van der Waals surface area (Å²) in [7, 11) is -2.96. The minimum Gasteiger partial charge on any atom is -0.379 e. The summed E-state index contributed by atoms with van der Waals surface area (Å²) in [5.41, 5.74) is 0. The number of morpholine rings is 1. The first kappa shape index (κ1) is 20.2.